The molecule has 0 aromatic heterocycles. The van der Waals surface area contributed by atoms with E-state index in [4.69, 9.17) is 9.47 Å². The Balaban J connectivity index is 1.55. The van der Waals surface area contributed by atoms with Crippen molar-refractivity contribution in [2.24, 2.45) is 5.18 Å². The Morgan fingerprint density at radius 1 is 1.17 bits per heavy atom. The Hall–Kier alpha value is -2.36. The van der Waals surface area contributed by atoms with Gasteiger partial charge in [0.05, 0.1) is 6.61 Å². The summed E-state index contributed by atoms with van der Waals surface area (Å²) in [6.07, 6.45) is 7.39. The van der Waals surface area contributed by atoms with Gasteiger partial charge in [-0.3, -0.25) is 0 Å². The van der Waals surface area contributed by atoms with E-state index in [-0.39, 0.29) is 11.5 Å². The standard InChI is InChI=1S/C25H31NO3/c1-4-5-6-7-17-8-10-20(22(14-17)26-27)19-15-18-9-11-23-21(24(18)28-16-19)12-13-25(2,3)29-23/h8-11,14,19H,4-7,12-13,15-16H2,1-3H3. The molecule has 1 atom stereocenters. The Labute approximate surface area is 173 Å². The van der Waals surface area contributed by atoms with Crippen LogP contribution in [-0.4, -0.2) is 12.2 Å². The van der Waals surface area contributed by atoms with Crippen LogP contribution in [0.5, 0.6) is 11.5 Å². The molecular weight excluding hydrogens is 362 g/mol. The molecule has 0 bridgehead atoms. The molecule has 0 N–H and O–H groups in total. The minimum absolute atomic E-state index is 0.123. The minimum Gasteiger partial charge on any atom is -0.492 e. The first-order chi connectivity index (χ1) is 14.0. The van der Waals surface area contributed by atoms with Gasteiger partial charge < -0.3 is 9.47 Å². The van der Waals surface area contributed by atoms with Crippen molar-refractivity contribution < 1.29 is 9.47 Å². The number of fused-ring (bicyclic) bond motifs is 3. The predicted molar refractivity (Wildman–Crippen MR) is 117 cm³/mol. The van der Waals surface area contributed by atoms with E-state index in [0.717, 1.165) is 49.2 Å². The molecule has 0 amide bonds. The van der Waals surface area contributed by atoms with Gasteiger partial charge in [0.2, 0.25) is 0 Å². The number of hydrogen-bond acceptors (Lipinski definition) is 4. The van der Waals surface area contributed by atoms with E-state index in [1.54, 1.807) is 0 Å². The van der Waals surface area contributed by atoms with Gasteiger partial charge in [-0.2, -0.15) is 0 Å². The van der Waals surface area contributed by atoms with Crippen LogP contribution in [-0.2, 0) is 19.3 Å². The highest BCUT2D eigenvalue weighted by atomic mass is 16.5. The predicted octanol–water partition coefficient (Wildman–Crippen LogP) is 6.64. The van der Waals surface area contributed by atoms with Crippen molar-refractivity contribution >= 4 is 5.69 Å². The van der Waals surface area contributed by atoms with Gasteiger partial charge in [-0.15, -0.1) is 4.91 Å². The van der Waals surface area contributed by atoms with E-state index >= 15 is 0 Å². The lowest BCUT2D eigenvalue weighted by Crippen LogP contribution is -2.33. The summed E-state index contributed by atoms with van der Waals surface area (Å²) in [5.41, 5.74) is 5.04. The highest BCUT2D eigenvalue weighted by Crippen LogP contribution is 2.44. The summed E-state index contributed by atoms with van der Waals surface area (Å²) < 4.78 is 12.4. The zero-order chi connectivity index (χ0) is 20.4. The first kappa shape index (κ1) is 19.9. The van der Waals surface area contributed by atoms with Crippen LogP contribution < -0.4 is 9.47 Å². The number of nitrogens with zero attached hydrogens (tertiary/aromatic N) is 1. The Morgan fingerprint density at radius 2 is 2.03 bits per heavy atom. The first-order valence-electron chi connectivity index (χ1n) is 10.9. The maximum absolute atomic E-state index is 11.5. The van der Waals surface area contributed by atoms with Gasteiger partial charge in [-0.25, -0.2) is 0 Å². The van der Waals surface area contributed by atoms with Crippen molar-refractivity contribution in [3.8, 4) is 11.5 Å². The molecule has 2 heterocycles. The van der Waals surface area contributed by atoms with Gasteiger partial charge in [-0.05, 0) is 80.0 Å². The monoisotopic (exact) mass is 393 g/mol. The van der Waals surface area contributed by atoms with Crippen molar-refractivity contribution in [1.82, 2.24) is 0 Å². The largest absolute Gasteiger partial charge is 0.492 e. The minimum atomic E-state index is -0.123. The van der Waals surface area contributed by atoms with Gasteiger partial charge in [0.15, 0.2) is 0 Å². The lowest BCUT2D eigenvalue weighted by Gasteiger charge is -2.35. The van der Waals surface area contributed by atoms with Gasteiger partial charge in [0.25, 0.3) is 0 Å². The van der Waals surface area contributed by atoms with Crippen molar-refractivity contribution in [2.45, 2.75) is 77.2 Å². The molecule has 0 spiro atoms. The highest BCUT2D eigenvalue weighted by Gasteiger charge is 2.32. The van der Waals surface area contributed by atoms with Crippen LogP contribution in [0.1, 0.15) is 74.6 Å². The number of rotatable bonds is 6. The van der Waals surface area contributed by atoms with Crippen molar-refractivity contribution in [3.63, 3.8) is 0 Å². The summed E-state index contributed by atoms with van der Waals surface area (Å²) in [6, 6.07) is 10.4. The molecule has 154 valence electrons. The Kier molecular flexibility index (Phi) is 5.62. The molecule has 2 aliphatic rings. The zero-order valence-corrected chi connectivity index (χ0v) is 17.8. The van der Waals surface area contributed by atoms with E-state index in [2.05, 4.69) is 50.2 Å². The van der Waals surface area contributed by atoms with Crippen LogP contribution in [0.25, 0.3) is 0 Å². The number of ether oxygens (including phenoxy) is 2. The van der Waals surface area contributed by atoms with E-state index < -0.39 is 0 Å². The number of hydrogen-bond donors (Lipinski definition) is 0. The fourth-order valence-electron chi connectivity index (χ4n) is 4.56. The molecule has 2 aliphatic heterocycles. The Bertz CT molecular complexity index is 903. The third kappa shape index (κ3) is 4.17. The topological polar surface area (TPSA) is 47.9 Å². The van der Waals surface area contributed by atoms with Crippen LogP contribution in [0.4, 0.5) is 5.69 Å². The fraction of sp³-hybridized carbons (Fsp3) is 0.520. The van der Waals surface area contributed by atoms with Gasteiger partial charge >= 0.3 is 0 Å². The molecule has 4 rings (SSSR count). The molecule has 0 saturated heterocycles. The Morgan fingerprint density at radius 3 is 2.83 bits per heavy atom. The van der Waals surface area contributed by atoms with E-state index in [1.165, 1.54) is 29.5 Å². The molecule has 29 heavy (non-hydrogen) atoms. The van der Waals surface area contributed by atoms with E-state index in [1.807, 2.05) is 6.07 Å². The van der Waals surface area contributed by atoms with Crippen molar-refractivity contribution in [1.29, 1.82) is 0 Å². The molecule has 4 heteroatoms. The molecule has 0 saturated carbocycles. The SMILES string of the molecule is CCCCCc1ccc(C2COc3c(ccc4c3CCC(C)(C)O4)C2)c(N=O)c1. The lowest BCUT2D eigenvalue weighted by molar-refractivity contribution is 0.0827. The summed E-state index contributed by atoms with van der Waals surface area (Å²) in [5, 5.41) is 3.35. The summed E-state index contributed by atoms with van der Waals surface area (Å²) in [7, 11) is 0. The number of benzene rings is 2. The molecule has 1 unspecified atom stereocenters. The molecule has 2 aromatic rings. The maximum atomic E-state index is 11.5. The van der Waals surface area contributed by atoms with Gasteiger partial charge in [0.1, 0.15) is 22.8 Å². The smallest absolute Gasteiger partial charge is 0.129 e. The van der Waals surface area contributed by atoms with Crippen LogP contribution in [0.15, 0.2) is 35.5 Å². The maximum Gasteiger partial charge on any atom is 0.129 e. The fourth-order valence-corrected chi connectivity index (χ4v) is 4.56. The second-order valence-electron chi connectivity index (χ2n) is 9.05. The van der Waals surface area contributed by atoms with E-state index in [0.29, 0.717) is 12.3 Å². The van der Waals surface area contributed by atoms with Crippen molar-refractivity contribution in [2.75, 3.05) is 6.61 Å². The lowest BCUT2D eigenvalue weighted by atomic mass is 9.85. The van der Waals surface area contributed by atoms with Gasteiger partial charge in [-0.1, -0.05) is 38.0 Å². The second kappa shape index (κ2) is 8.17. The van der Waals surface area contributed by atoms with Crippen LogP contribution >= 0.6 is 0 Å². The van der Waals surface area contributed by atoms with Crippen LogP contribution in [0, 0.1) is 4.91 Å². The third-order valence-electron chi connectivity index (χ3n) is 6.26. The summed E-state index contributed by atoms with van der Waals surface area (Å²) in [4.78, 5) is 11.5. The molecule has 2 aromatic carbocycles. The van der Waals surface area contributed by atoms with E-state index in [9.17, 15) is 4.91 Å². The highest BCUT2D eigenvalue weighted by molar-refractivity contribution is 5.55. The molecule has 4 nitrogen and oxygen atoms in total. The average molecular weight is 394 g/mol. The third-order valence-corrected chi connectivity index (χ3v) is 6.26. The first-order valence-corrected chi connectivity index (χ1v) is 10.9. The normalized spacial score (nSPS) is 19.5. The van der Waals surface area contributed by atoms with Gasteiger partial charge in [0, 0.05) is 11.5 Å². The molecular formula is C25H31NO3. The number of nitroso groups, excluding NO2 is 1. The quantitative estimate of drug-likeness (QED) is 0.408. The second-order valence-corrected chi connectivity index (χ2v) is 9.05. The zero-order valence-electron chi connectivity index (χ0n) is 17.8. The van der Waals surface area contributed by atoms with Crippen LogP contribution in [0.2, 0.25) is 0 Å². The number of aryl methyl sites for hydroxylation is 1. The molecule has 0 aliphatic carbocycles. The molecule has 0 fully saturated rings. The van der Waals surface area contributed by atoms with Crippen molar-refractivity contribution in [3.05, 3.63) is 57.5 Å². The summed E-state index contributed by atoms with van der Waals surface area (Å²) in [6.45, 7) is 7.04. The summed E-state index contributed by atoms with van der Waals surface area (Å²) in [5.74, 6) is 2.09. The van der Waals surface area contributed by atoms with Crippen LogP contribution in [0.3, 0.4) is 0 Å². The molecule has 0 radical (unpaired) electrons. The average Bonchev–Trinajstić information content (AvgIpc) is 2.72. The summed E-state index contributed by atoms with van der Waals surface area (Å²) >= 11 is 0. The number of unbranched alkanes of at least 4 members (excludes halogenated alkanes) is 2.